The molecule has 0 aromatic carbocycles. The minimum Gasteiger partial charge on any atom is -0.462 e. The molecule has 482 valence electrons. The standard InChI is InChI=1S/C77H138O6/c1-4-7-10-13-16-19-22-25-28-31-33-35-36-37-38-39-40-42-43-46-49-52-55-58-61-64-67-70-76(79)82-73-74(72-81-75(78)69-66-63-60-57-54-51-48-45-30-27-24-21-18-15-12-9-6-3)83-77(80)71-68-65-62-59-56-53-50-47-44-41-34-32-29-26-23-20-17-14-11-8-5-2/h22-23,25-26,31-34,36-37,44,47,74H,4-21,24,27-30,35,38-43,45-46,48-73H2,1-3H3/b25-22-,26-23-,33-31-,34-32-,37-36-,47-44-. The Hall–Kier alpha value is -3.15. The van der Waals surface area contributed by atoms with Gasteiger partial charge in [0.2, 0.25) is 0 Å². The van der Waals surface area contributed by atoms with E-state index in [0.29, 0.717) is 19.3 Å². The first-order valence-corrected chi connectivity index (χ1v) is 36.4. The number of unbranched alkanes of at least 4 members (excludes halogenated alkanes) is 44. The van der Waals surface area contributed by atoms with E-state index in [2.05, 4.69) is 93.7 Å². The molecule has 0 fully saturated rings. The number of carbonyl (C=O) groups is 3. The molecule has 0 rings (SSSR count). The lowest BCUT2D eigenvalue weighted by Crippen LogP contribution is -2.30. The van der Waals surface area contributed by atoms with Crippen molar-refractivity contribution < 1.29 is 28.6 Å². The molecule has 0 N–H and O–H groups in total. The van der Waals surface area contributed by atoms with Crippen molar-refractivity contribution in [3.05, 3.63) is 72.9 Å². The van der Waals surface area contributed by atoms with E-state index in [-0.39, 0.29) is 31.1 Å². The molecule has 0 spiro atoms. The molecule has 0 heterocycles. The fourth-order valence-corrected chi connectivity index (χ4v) is 10.7. The van der Waals surface area contributed by atoms with Crippen LogP contribution in [0.4, 0.5) is 0 Å². The predicted octanol–water partition coefficient (Wildman–Crippen LogP) is 25.2. The fraction of sp³-hybridized carbons (Fsp3) is 0.805. The van der Waals surface area contributed by atoms with Crippen LogP contribution in [0.5, 0.6) is 0 Å². The SMILES string of the molecule is CCCCCCC/C=C\C/C=C\C/C=C\CCCCCCCCCCCCCCC(=O)OCC(COC(=O)CCCCCCCCCCCCCCCCCCC)OC(=O)CCCCCCCC/C=C\C/C=C\C/C=C\CCCCCCC. The summed E-state index contributed by atoms with van der Waals surface area (Å²) in [4.78, 5) is 38.5. The Bertz CT molecular complexity index is 1520. The Morgan fingerprint density at radius 2 is 0.434 bits per heavy atom. The summed E-state index contributed by atoms with van der Waals surface area (Å²) in [6, 6.07) is 0. The minimum atomic E-state index is -0.784. The maximum atomic E-state index is 13.0. The van der Waals surface area contributed by atoms with Gasteiger partial charge in [0.15, 0.2) is 6.10 Å². The van der Waals surface area contributed by atoms with Gasteiger partial charge >= 0.3 is 17.9 Å². The van der Waals surface area contributed by atoms with Gasteiger partial charge < -0.3 is 14.2 Å². The lowest BCUT2D eigenvalue weighted by Gasteiger charge is -2.18. The van der Waals surface area contributed by atoms with E-state index in [1.807, 2.05) is 0 Å². The molecule has 0 aliphatic carbocycles. The van der Waals surface area contributed by atoms with E-state index in [0.717, 1.165) is 96.3 Å². The summed E-state index contributed by atoms with van der Waals surface area (Å²) in [5.74, 6) is -0.868. The van der Waals surface area contributed by atoms with Gasteiger partial charge in [-0.3, -0.25) is 14.4 Å². The highest BCUT2D eigenvalue weighted by Gasteiger charge is 2.19. The van der Waals surface area contributed by atoms with Gasteiger partial charge in [-0.05, 0) is 96.3 Å². The van der Waals surface area contributed by atoms with Crippen LogP contribution in [0.15, 0.2) is 72.9 Å². The van der Waals surface area contributed by atoms with Gasteiger partial charge in [-0.2, -0.15) is 0 Å². The van der Waals surface area contributed by atoms with E-state index >= 15 is 0 Å². The second kappa shape index (κ2) is 71.3. The molecule has 6 nitrogen and oxygen atoms in total. The molecular formula is C77H138O6. The molecule has 0 aromatic rings. The van der Waals surface area contributed by atoms with E-state index in [4.69, 9.17) is 14.2 Å². The predicted molar refractivity (Wildman–Crippen MR) is 362 cm³/mol. The van der Waals surface area contributed by atoms with Crippen molar-refractivity contribution in [3.63, 3.8) is 0 Å². The molecule has 0 bridgehead atoms. The second-order valence-corrected chi connectivity index (χ2v) is 24.5. The Kier molecular flexibility index (Phi) is 68.6. The number of esters is 3. The van der Waals surface area contributed by atoms with Gasteiger partial charge in [0.25, 0.3) is 0 Å². The van der Waals surface area contributed by atoms with Crippen LogP contribution in [0.3, 0.4) is 0 Å². The highest BCUT2D eigenvalue weighted by molar-refractivity contribution is 5.71. The maximum Gasteiger partial charge on any atom is 0.306 e. The average Bonchev–Trinajstić information content (AvgIpc) is 3.49. The Morgan fingerprint density at radius 3 is 0.675 bits per heavy atom. The van der Waals surface area contributed by atoms with Crippen molar-refractivity contribution in [2.45, 2.75) is 386 Å². The summed E-state index contributed by atoms with van der Waals surface area (Å²) in [5, 5.41) is 0. The molecule has 0 aliphatic rings. The summed E-state index contributed by atoms with van der Waals surface area (Å²) in [5.41, 5.74) is 0. The van der Waals surface area contributed by atoms with Crippen LogP contribution < -0.4 is 0 Å². The van der Waals surface area contributed by atoms with E-state index in [1.165, 1.54) is 244 Å². The fourth-order valence-electron chi connectivity index (χ4n) is 10.7. The number of ether oxygens (including phenoxy) is 3. The largest absolute Gasteiger partial charge is 0.462 e. The number of hydrogen-bond acceptors (Lipinski definition) is 6. The summed E-state index contributed by atoms with van der Waals surface area (Å²) in [6.45, 7) is 6.67. The lowest BCUT2D eigenvalue weighted by atomic mass is 10.0. The lowest BCUT2D eigenvalue weighted by molar-refractivity contribution is -0.167. The highest BCUT2D eigenvalue weighted by atomic mass is 16.6. The smallest absolute Gasteiger partial charge is 0.306 e. The Labute approximate surface area is 516 Å². The number of rotatable bonds is 67. The molecule has 6 heteroatoms. The van der Waals surface area contributed by atoms with Crippen molar-refractivity contribution in [1.82, 2.24) is 0 Å². The molecule has 0 saturated heterocycles. The van der Waals surface area contributed by atoms with Gasteiger partial charge in [0, 0.05) is 19.3 Å². The molecule has 0 amide bonds. The third-order valence-electron chi connectivity index (χ3n) is 16.2. The van der Waals surface area contributed by atoms with Crippen LogP contribution >= 0.6 is 0 Å². The summed E-state index contributed by atoms with van der Waals surface area (Å²) in [7, 11) is 0. The molecule has 1 atom stereocenters. The van der Waals surface area contributed by atoms with Crippen LogP contribution in [0.1, 0.15) is 380 Å². The van der Waals surface area contributed by atoms with Crippen LogP contribution in [0.2, 0.25) is 0 Å². The van der Waals surface area contributed by atoms with Crippen molar-refractivity contribution in [3.8, 4) is 0 Å². The highest BCUT2D eigenvalue weighted by Crippen LogP contribution is 2.18. The molecule has 0 aliphatic heterocycles. The van der Waals surface area contributed by atoms with Gasteiger partial charge in [-0.1, -0.05) is 338 Å². The first-order valence-electron chi connectivity index (χ1n) is 36.4. The van der Waals surface area contributed by atoms with E-state index in [1.54, 1.807) is 0 Å². The number of carbonyl (C=O) groups excluding carboxylic acids is 3. The molecule has 0 saturated carbocycles. The molecule has 1 unspecified atom stereocenters. The van der Waals surface area contributed by atoms with Crippen molar-refractivity contribution in [2.24, 2.45) is 0 Å². The summed E-state index contributed by atoms with van der Waals surface area (Å²) >= 11 is 0. The average molecular weight is 1160 g/mol. The Balaban J connectivity index is 4.34. The van der Waals surface area contributed by atoms with Gasteiger partial charge in [0.05, 0.1) is 0 Å². The zero-order chi connectivity index (χ0) is 59.9. The van der Waals surface area contributed by atoms with Gasteiger partial charge in [0.1, 0.15) is 13.2 Å². The molecule has 0 radical (unpaired) electrons. The van der Waals surface area contributed by atoms with Crippen molar-refractivity contribution >= 4 is 17.9 Å². The second-order valence-electron chi connectivity index (χ2n) is 24.5. The van der Waals surface area contributed by atoms with E-state index in [9.17, 15) is 14.4 Å². The molecule has 83 heavy (non-hydrogen) atoms. The Morgan fingerprint density at radius 1 is 0.241 bits per heavy atom. The third kappa shape index (κ3) is 69.5. The quantitative estimate of drug-likeness (QED) is 0.0261. The zero-order valence-corrected chi connectivity index (χ0v) is 55.5. The zero-order valence-electron chi connectivity index (χ0n) is 55.5. The van der Waals surface area contributed by atoms with Gasteiger partial charge in [-0.25, -0.2) is 0 Å². The number of hydrogen-bond donors (Lipinski definition) is 0. The van der Waals surface area contributed by atoms with Crippen molar-refractivity contribution in [2.75, 3.05) is 13.2 Å². The first kappa shape index (κ1) is 79.8. The van der Waals surface area contributed by atoms with Crippen LogP contribution in [0, 0.1) is 0 Å². The first-order chi connectivity index (χ1) is 41.0. The topological polar surface area (TPSA) is 78.9 Å². The van der Waals surface area contributed by atoms with Crippen molar-refractivity contribution in [1.29, 1.82) is 0 Å². The minimum absolute atomic E-state index is 0.0773. The molecule has 0 aromatic heterocycles. The maximum absolute atomic E-state index is 13.0. The third-order valence-corrected chi connectivity index (χ3v) is 16.2. The van der Waals surface area contributed by atoms with Crippen LogP contribution in [-0.2, 0) is 28.6 Å². The van der Waals surface area contributed by atoms with Gasteiger partial charge in [-0.15, -0.1) is 0 Å². The number of allylic oxidation sites excluding steroid dienone is 12. The summed E-state index contributed by atoms with van der Waals surface area (Å²) < 4.78 is 17.0. The van der Waals surface area contributed by atoms with E-state index < -0.39 is 6.10 Å². The summed E-state index contributed by atoms with van der Waals surface area (Å²) in [6.07, 6.45) is 93.5. The van der Waals surface area contributed by atoms with Crippen LogP contribution in [0.25, 0.3) is 0 Å². The van der Waals surface area contributed by atoms with Crippen LogP contribution in [-0.4, -0.2) is 37.2 Å². The normalized spacial score (nSPS) is 12.5. The molecular weight excluding hydrogens is 1020 g/mol. The monoisotopic (exact) mass is 1160 g/mol.